The van der Waals surface area contributed by atoms with E-state index in [4.69, 9.17) is 23.2 Å². The van der Waals surface area contributed by atoms with E-state index in [1.807, 2.05) is 47.4 Å². The maximum atomic E-state index is 11.5. The predicted molar refractivity (Wildman–Crippen MR) is 120 cm³/mol. The lowest BCUT2D eigenvalue weighted by atomic mass is 10.0. The Labute approximate surface area is 185 Å². The molecule has 7 heteroatoms. The molecule has 0 bridgehead atoms. The molecule has 1 atom stereocenters. The van der Waals surface area contributed by atoms with Gasteiger partial charge in [0.15, 0.2) is 0 Å². The summed E-state index contributed by atoms with van der Waals surface area (Å²) in [5.41, 5.74) is 2.60. The van der Waals surface area contributed by atoms with Crippen molar-refractivity contribution in [3.8, 4) is 5.75 Å². The van der Waals surface area contributed by atoms with Crippen molar-refractivity contribution < 1.29 is 15.0 Å². The number of hydrogen-bond acceptors (Lipinski definition) is 4. The Morgan fingerprint density at radius 1 is 1.00 bits per heavy atom. The van der Waals surface area contributed by atoms with E-state index in [9.17, 15) is 15.0 Å². The molecule has 0 amide bonds. The summed E-state index contributed by atoms with van der Waals surface area (Å²) in [5.74, 6) is -0.825. The molecule has 0 aromatic heterocycles. The van der Waals surface area contributed by atoms with Crippen molar-refractivity contribution in [2.75, 3.05) is 18.4 Å². The van der Waals surface area contributed by atoms with Gasteiger partial charge in [-0.3, -0.25) is 9.69 Å². The third-order valence-electron chi connectivity index (χ3n) is 4.60. The highest BCUT2D eigenvalue weighted by Gasteiger charge is 2.20. The summed E-state index contributed by atoms with van der Waals surface area (Å²) in [6.45, 7) is 0.798. The molecule has 0 spiro atoms. The van der Waals surface area contributed by atoms with Crippen molar-refractivity contribution >= 4 is 34.9 Å². The maximum Gasteiger partial charge on any atom is 0.317 e. The molecule has 30 heavy (non-hydrogen) atoms. The molecule has 0 aliphatic heterocycles. The van der Waals surface area contributed by atoms with E-state index in [1.54, 1.807) is 24.3 Å². The van der Waals surface area contributed by atoms with E-state index in [0.29, 0.717) is 28.8 Å². The number of benzene rings is 3. The molecule has 0 saturated carbocycles. The summed E-state index contributed by atoms with van der Waals surface area (Å²) < 4.78 is 0. The number of phenols is 1. The van der Waals surface area contributed by atoms with Gasteiger partial charge in [-0.15, -0.1) is 0 Å². The molecular weight excluding hydrogens is 423 g/mol. The third-order valence-corrected chi connectivity index (χ3v) is 5.17. The first-order valence-corrected chi connectivity index (χ1v) is 10.1. The van der Waals surface area contributed by atoms with E-state index in [1.165, 1.54) is 6.07 Å². The van der Waals surface area contributed by atoms with Crippen molar-refractivity contribution in [1.82, 2.24) is 4.90 Å². The van der Waals surface area contributed by atoms with Crippen molar-refractivity contribution in [3.63, 3.8) is 0 Å². The average Bonchev–Trinajstić information content (AvgIpc) is 2.70. The lowest BCUT2D eigenvalue weighted by molar-refractivity contribution is -0.138. The lowest BCUT2D eigenvalue weighted by Crippen LogP contribution is -2.35. The fourth-order valence-corrected chi connectivity index (χ4v) is 3.57. The van der Waals surface area contributed by atoms with Gasteiger partial charge in [0.05, 0.1) is 23.3 Å². The monoisotopic (exact) mass is 444 g/mol. The summed E-state index contributed by atoms with van der Waals surface area (Å²) in [7, 11) is 0. The Balaban J connectivity index is 1.88. The molecule has 3 aromatic carbocycles. The Bertz CT molecular complexity index is 981. The molecule has 156 valence electrons. The second-order valence-electron chi connectivity index (χ2n) is 6.96. The minimum Gasteiger partial charge on any atom is -0.508 e. The zero-order valence-corrected chi connectivity index (χ0v) is 17.6. The number of nitrogens with one attached hydrogen (secondary N) is 1. The molecule has 0 unspecified atom stereocenters. The Morgan fingerprint density at radius 3 is 2.33 bits per heavy atom. The first kappa shape index (κ1) is 22.0. The highest BCUT2D eigenvalue weighted by Crippen LogP contribution is 2.30. The van der Waals surface area contributed by atoms with E-state index >= 15 is 0 Å². The second-order valence-corrected chi connectivity index (χ2v) is 7.81. The van der Waals surface area contributed by atoms with Crippen LogP contribution in [0.4, 0.5) is 5.69 Å². The zero-order chi connectivity index (χ0) is 21.5. The number of carboxylic acid groups (broad SMARTS) is 1. The summed E-state index contributed by atoms with van der Waals surface area (Å²) >= 11 is 12.3. The number of carboxylic acids is 1. The van der Waals surface area contributed by atoms with E-state index in [2.05, 4.69) is 5.32 Å². The number of aromatic hydroxyl groups is 1. The van der Waals surface area contributed by atoms with Gasteiger partial charge in [0.2, 0.25) is 0 Å². The van der Waals surface area contributed by atoms with E-state index < -0.39 is 5.97 Å². The Hall–Kier alpha value is -2.73. The molecule has 0 radical (unpaired) electrons. The number of phenolic OH excluding ortho intramolecular Hbond substituents is 1. The average molecular weight is 445 g/mol. The number of nitrogens with zero attached hydrogens (tertiary/aromatic N) is 1. The first-order valence-electron chi connectivity index (χ1n) is 9.39. The van der Waals surface area contributed by atoms with Crippen molar-refractivity contribution in [1.29, 1.82) is 0 Å². The summed E-state index contributed by atoms with van der Waals surface area (Å²) in [5, 5.41) is 23.4. The van der Waals surface area contributed by atoms with Gasteiger partial charge in [-0.25, -0.2) is 0 Å². The van der Waals surface area contributed by atoms with Crippen LogP contribution in [0.1, 0.15) is 17.2 Å². The predicted octanol–water partition coefficient (Wildman–Crippen LogP) is 5.44. The third kappa shape index (κ3) is 6.39. The van der Waals surface area contributed by atoms with Crippen molar-refractivity contribution in [3.05, 3.63) is 94.0 Å². The van der Waals surface area contributed by atoms with Crippen LogP contribution in [0, 0.1) is 0 Å². The number of anilines is 1. The van der Waals surface area contributed by atoms with Gasteiger partial charge in [-0.2, -0.15) is 0 Å². The summed E-state index contributed by atoms with van der Waals surface area (Å²) in [6, 6.07) is 21.6. The SMILES string of the molecule is O=C(O)CN(Cc1ccccc1)C[C@H](Nc1ccc(O)cc1Cl)c1ccc(Cl)cc1. The van der Waals surface area contributed by atoms with Crippen LogP contribution in [0.2, 0.25) is 10.0 Å². The Kier molecular flexibility index (Phi) is 7.57. The van der Waals surface area contributed by atoms with Crippen LogP contribution in [-0.4, -0.2) is 34.2 Å². The van der Waals surface area contributed by atoms with Crippen molar-refractivity contribution in [2.24, 2.45) is 0 Å². The number of rotatable bonds is 9. The van der Waals surface area contributed by atoms with Crippen LogP contribution < -0.4 is 5.32 Å². The van der Waals surface area contributed by atoms with Crippen LogP contribution in [0.15, 0.2) is 72.8 Å². The summed E-state index contributed by atoms with van der Waals surface area (Å²) in [6.07, 6.45) is 0. The smallest absolute Gasteiger partial charge is 0.317 e. The molecule has 3 N–H and O–H groups in total. The molecule has 0 heterocycles. The molecule has 0 saturated heterocycles. The van der Waals surface area contributed by atoms with E-state index in [-0.39, 0.29) is 18.3 Å². The lowest BCUT2D eigenvalue weighted by Gasteiger charge is -2.28. The van der Waals surface area contributed by atoms with Gasteiger partial charge in [0.1, 0.15) is 5.75 Å². The fraction of sp³-hybridized carbons (Fsp3) is 0.174. The van der Waals surface area contributed by atoms with Crippen molar-refractivity contribution in [2.45, 2.75) is 12.6 Å². The highest BCUT2D eigenvalue weighted by atomic mass is 35.5. The van der Waals surface area contributed by atoms with Crippen LogP contribution in [0.3, 0.4) is 0 Å². The quantitative estimate of drug-likeness (QED) is 0.383. The normalized spacial score (nSPS) is 12.0. The zero-order valence-electron chi connectivity index (χ0n) is 16.1. The van der Waals surface area contributed by atoms with Gasteiger partial charge >= 0.3 is 5.97 Å². The van der Waals surface area contributed by atoms with Gasteiger partial charge in [-0.1, -0.05) is 65.7 Å². The molecule has 0 fully saturated rings. The minimum atomic E-state index is -0.900. The van der Waals surface area contributed by atoms with E-state index in [0.717, 1.165) is 11.1 Å². The molecule has 5 nitrogen and oxygen atoms in total. The van der Waals surface area contributed by atoms with Crippen LogP contribution >= 0.6 is 23.2 Å². The number of halogens is 2. The Morgan fingerprint density at radius 2 is 1.70 bits per heavy atom. The minimum absolute atomic E-state index is 0.0742. The number of hydrogen-bond donors (Lipinski definition) is 3. The fourth-order valence-electron chi connectivity index (χ4n) is 3.21. The van der Waals surface area contributed by atoms with Crippen LogP contribution in [-0.2, 0) is 11.3 Å². The molecule has 0 aliphatic carbocycles. The highest BCUT2D eigenvalue weighted by molar-refractivity contribution is 6.33. The number of aliphatic carboxylic acids is 1. The van der Waals surface area contributed by atoms with Crippen LogP contribution in [0.25, 0.3) is 0 Å². The largest absolute Gasteiger partial charge is 0.508 e. The second kappa shape index (κ2) is 10.3. The molecular formula is C23H22Cl2N2O3. The molecule has 3 aromatic rings. The van der Waals surface area contributed by atoms with Crippen LogP contribution in [0.5, 0.6) is 5.75 Å². The number of carbonyl (C=O) groups is 1. The van der Waals surface area contributed by atoms with Gasteiger partial charge in [0.25, 0.3) is 0 Å². The molecule has 0 aliphatic rings. The van der Waals surface area contributed by atoms with Gasteiger partial charge < -0.3 is 15.5 Å². The maximum absolute atomic E-state index is 11.5. The first-order chi connectivity index (χ1) is 14.4. The topological polar surface area (TPSA) is 72.8 Å². The van der Waals surface area contributed by atoms with Gasteiger partial charge in [-0.05, 0) is 35.4 Å². The standard InChI is InChI=1S/C23H22Cl2N2O3/c24-18-8-6-17(7-9-18)22(26-21-11-10-19(28)12-20(21)25)14-27(15-23(29)30)13-16-4-2-1-3-5-16/h1-12,22,26,28H,13-15H2,(H,29,30)/t22-/m0/s1. The molecule has 3 rings (SSSR count). The summed E-state index contributed by atoms with van der Waals surface area (Å²) in [4.78, 5) is 13.3. The van der Waals surface area contributed by atoms with Gasteiger partial charge in [0, 0.05) is 24.2 Å².